The largest absolute Gasteiger partial charge is 0.456 e. The predicted octanol–water partition coefficient (Wildman–Crippen LogP) is 17.3. The zero-order valence-corrected chi connectivity index (χ0v) is 39.6. The van der Waals surface area contributed by atoms with Crippen molar-refractivity contribution in [3.8, 4) is 44.9 Å². The molecule has 0 fully saturated rings. The Bertz CT molecular complexity index is 4270. The Morgan fingerprint density at radius 3 is 1.71 bits per heavy atom. The first-order valence-electron chi connectivity index (χ1n) is 25.2. The molecule has 5 heterocycles. The number of unbranched alkanes of at least 4 members (excludes halogenated alkanes) is 1. The summed E-state index contributed by atoms with van der Waals surface area (Å²) in [6, 6.07) is 78.9. The fourth-order valence-corrected chi connectivity index (χ4v) is 12.0. The minimum atomic E-state index is -0.317. The summed E-state index contributed by atoms with van der Waals surface area (Å²) < 4.78 is 21.2. The summed E-state index contributed by atoms with van der Waals surface area (Å²) in [5.41, 5.74) is 19.1. The quantitative estimate of drug-likeness (QED) is 0.142. The maximum Gasteiger partial charge on any atom is 0.333 e. The zero-order chi connectivity index (χ0) is 47.4. The van der Waals surface area contributed by atoms with Crippen LogP contribution in [-0.2, 0) is 6.42 Å². The molecule has 13 aromatic rings. The van der Waals surface area contributed by atoms with E-state index >= 15 is 0 Å². The van der Waals surface area contributed by atoms with E-state index in [1.54, 1.807) is 0 Å². The maximum absolute atomic E-state index is 7.21. The number of fused-ring (bicyclic) bond motifs is 12. The normalized spacial score (nSPS) is 12.9. The summed E-state index contributed by atoms with van der Waals surface area (Å²) in [5, 5.41) is 6.41. The van der Waals surface area contributed by atoms with Gasteiger partial charge >= 0.3 is 6.85 Å². The van der Waals surface area contributed by atoms with Crippen molar-refractivity contribution in [1.29, 1.82) is 0 Å². The maximum atomic E-state index is 7.21. The van der Waals surface area contributed by atoms with Crippen molar-refractivity contribution < 1.29 is 13.3 Å². The molecule has 0 spiro atoms. The smallest absolute Gasteiger partial charge is 0.333 e. The lowest BCUT2D eigenvalue weighted by Gasteiger charge is -2.46. The fraction of sp³-hybridized carbons (Fsp3) is 0.0606. The van der Waals surface area contributed by atoms with Crippen LogP contribution in [0.4, 0.5) is 28.4 Å². The van der Waals surface area contributed by atoms with E-state index < -0.39 is 0 Å². The van der Waals surface area contributed by atoms with Gasteiger partial charge < -0.3 is 23.0 Å². The second-order valence-electron chi connectivity index (χ2n) is 19.3. The molecule has 3 aromatic heterocycles. The van der Waals surface area contributed by atoms with Gasteiger partial charge in [-0.2, -0.15) is 0 Å². The van der Waals surface area contributed by atoms with Crippen molar-refractivity contribution in [3.63, 3.8) is 0 Å². The predicted molar refractivity (Wildman–Crippen MR) is 299 cm³/mol. The molecule has 0 radical (unpaired) electrons. The molecule has 72 heavy (non-hydrogen) atoms. The van der Waals surface area contributed by atoms with E-state index in [4.69, 9.17) is 13.3 Å². The van der Waals surface area contributed by atoms with Crippen molar-refractivity contribution in [3.05, 3.63) is 224 Å². The number of hydrogen-bond donors (Lipinski definition) is 0. The number of hydrogen-bond acceptors (Lipinski definition) is 5. The summed E-state index contributed by atoms with van der Waals surface area (Å²) in [5.74, 6) is 1.68. The average molecular weight is 925 g/mol. The molecule has 6 heteroatoms. The molecule has 0 bridgehead atoms. The molecule has 0 N–H and O–H groups in total. The van der Waals surface area contributed by atoms with Gasteiger partial charge in [-0.3, -0.25) is 0 Å². The Balaban J connectivity index is 1.14. The Hall–Kier alpha value is -9.00. The number of aryl methyl sites for hydroxylation is 1. The standard InChI is InChI=1S/C66H45BN2O3/c1-2-3-20-41-33-34-55(48(35-41)42-21-8-4-9-22-42)68-57-38-52-50(64(43-23-10-5-11-24-43)72-65(52)44-25-12-6-13-26-44)37-54(57)67-63-58(68)39-51-47-30-17-19-32-60(47)71-66(51)62(63)53-36-49-46-29-16-18-31-59(46)70-61(49)40-56(53)69(67)45-27-14-7-15-28-45/h4-19,21-40H,2-3,20H2,1H3. The number of para-hydroxylation sites is 3. The first-order valence-corrected chi connectivity index (χ1v) is 25.2. The van der Waals surface area contributed by atoms with Crippen LogP contribution in [0.2, 0.25) is 0 Å². The van der Waals surface area contributed by atoms with Gasteiger partial charge in [0.05, 0.1) is 5.69 Å². The molecule has 0 atom stereocenters. The monoisotopic (exact) mass is 924 g/mol. The Kier molecular flexibility index (Phi) is 9.09. The van der Waals surface area contributed by atoms with Crippen LogP contribution in [0.25, 0.3) is 99.6 Å². The van der Waals surface area contributed by atoms with E-state index in [-0.39, 0.29) is 6.85 Å². The third-order valence-corrected chi connectivity index (χ3v) is 15.2. The summed E-state index contributed by atoms with van der Waals surface area (Å²) in [4.78, 5) is 5.12. The highest BCUT2D eigenvalue weighted by Gasteiger charge is 2.47. The Labute approximate surface area is 416 Å². The summed E-state index contributed by atoms with van der Waals surface area (Å²) in [6.07, 6.45) is 3.26. The van der Waals surface area contributed by atoms with Crippen LogP contribution in [0.5, 0.6) is 0 Å². The molecule has 0 amide bonds. The SMILES string of the molecule is CCCCc1ccc(N2c3cc4c(-c5ccccc5)oc(-c5ccccc5)c4cc3B3c4c2cc2c(oc5ccccc52)c4-c2cc4c(cc2N3c2ccccc2)oc2ccccc24)c(-c2ccccc2)c1. The molecule has 0 aliphatic carbocycles. The zero-order valence-electron chi connectivity index (χ0n) is 39.6. The van der Waals surface area contributed by atoms with Gasteiger partial charge in [0.25, 0.3) is 0 Å². The van der Waals surface area contributed by atoms with Gasteiger partial charge in [0.2, 0.25) is 0 Å². The molecular formula is C66H45BN2O3. The topological polar surface area (TPSA) is 45.9 Å². The van der Waals surface area contributed by atoms with Gasteiger partial charge in [0, 0.05) is 89.0 Å². The first kappa shape index (κ1) is 40.8. The molecule has 340 valence electrons. The highest BCUT2D eigenvalue weighted by molar-refractivity contribution is 6.94. The van der Waals surface area contributed by atoms with Gasteiger partial charge in [-0.05, 0) is 89.5 Å². The lowest BCUT2D eigenvalue weighted by atomic mass is 9.43. The summed E-state index contributed by atoms with van der Waals surface area (Å²) in [7, 11) is 0. The van der Waals surface area contributed by atoms with Crippen LogP contribution in [0.15, 0.2) is 232 Å². The lowest BCUT2D eigenvalue weighted by Crippen LogP contribution is -2.61. The molecule has 0 saturated carbocycles. The van der Waals surface area contributed by atoms with Crippen LogP contribution >= 0.6 is 0 Å². The van der Waals surface area contributed by atoms with Crippen molar-refractivity contribution in [1.82, 2.24) is 0 Å². The Morgan fingerprint density at radius 2 is 1.01 bits per heavy atom. The molecule has 5 nitrogen and oxygen atoms in total. The van der Waals surface area contributed by atoms with Crippen LogP contribution in [-0.4, -0.2) is 6.85 Å². The molecule has 2 aliphatic heterocycles. The van der Waals surface area contributed by atoms with Gasteiger partial charge in [-0.1, -0.05) is 171 Å². The van der Waals surface area contributed by atoms with E-state index in [2.05, 4.69) is 229 Å². The van der Waals surface area contributed by atoms with Crippen LogP contribution < -0.4 is 20.6 Å². The fourth-order valence-electron chi connectivity index (χ4n) is 12.0. The van der Waals surface area contributed by atoms with Gasteiger partial charge in [-0.25, -0.2) is 0 Å². The Morgan fingerprint density at radius 1 is 0.417 bits per heavy atom. The minimum absolute atomic E-state index is 0.317. The first-order chi connectivity index (χ1) is 35.7. The van der Waals surface area contributed by atoms with E-state index in [1.807, 2.05) is 6.07 Å². The third-order valence-electron chi connectivity index (χ3n) is 15.2. The average Bonchev–Trinajstić information content (AvgIpc) is 4.13. The molecule has 0 saturated heterocycles. The van der Waals surface area contributed by atoms with Crippen LogP contribution in [0, 0.1) is 0 Å². The molecule has 15 rings (SSSR count). The van der Waals surface area contributed by atoms with Gasteiger partial charge in [0.15, 0.2) is 0 Å². The highest BCUT2D eigenvalue weighted by atomic mass is 16.3. The minimum Gasteiger partial charge on any atom is -0.456 e. The van der Waals surface area contributed by atoms with Crippen molar-refractivity contribution in [2.24, 2.45) is 0 Å². The number of furan rings is 3. The highest BCUT2D eigenvalue weighted by Crippen LogP contribution is 2.54. The van der Waals surface area contributed by atoms with E-state index in [1.165, 1.54) is 22.2 Å². The van der Waals surface area contributed by atoms with E-state index in [0.29, 0.717) is 0 Å². The van der Waals surface area contributed by atoms with Crippen molar-refractivity contribution in [2.75, 3.05) is 9.71 Å². The molecule has 2 aliphatic rings. The molecule has 10 aromatic carbocycles. The second kappa shape index (κ2) is 16.0. The molecular weight excluding hydrogens is 880 g/mol. The van der Waals surface area contributed by atoms with Crippen molar-refractivity contribution in [2.45, 2.75) is 26.2 Å². The second-order valence-corrected chi connectivity index (χ2v) is 19.3. The van der Waals surface area contributed by atoms with Crippen LogP contribution in [0.1, 0.15) is 25.3 Å². The summed E-state index contributed by atoms with van der Waals surface area (Å²) >= 11 is 0. The number of anilines is 5. The van der Waals surface area contributed by atoms with Crippen molar-refractivity contribution >= 4 is 101 Å². The number of benzene rings is 10. The van der Waals surface area contributed by atoms with E-state index in [9.17, 15) is 0 Å². The number of rotatable bonds is 8. The third kappa shape index (κ3) is 6.08. The van der Waals surface area contributed by atoms with E-state index in [0.717, 1.165) is 142 Å². The number of nitrogens with zero attached hydrogens (tertiary/aromatic N) is 2. The van der Waals surface area contributed by atoms with Gasteiger partial charge in [0.1, 0.15) is 33.9 Å². The molecule has 0 unspecified atom stereocenters. The van der Waals surface area contributed by atoms with Crippen LogP contribution in [0.3, 0.4) is 0 Å². The lowest BCUT2D eigenvalue weighted by molar-refractivity contribution is 0.602. The summed E-state index contributed by atoms with van der Waals surface area (Å²) in [6.45, 7) is 1.95. The van der Waals surface area contributed by atoms with Gasteiger partial charge in [-0.15, -0.1) is 0 Å².